The fourth-order valence-electron chi connectivity index (χ4n) is 4.22. The highest BCUT2D eigenvalue weighted by molar-refractivity contribution is 7.21. The molecule has 5 rings (SSSR count). The van der Waals surface area contributed by atoms with Crippen LogP contribution in [0.4, 0.5) is 0 Å². The van der Waals surface area contributed by atoms with Gasteiger partial charge >= 0.3 is 0 Å². The highest BCUT2D eigenvalue weighted by atomic mass is 32.1. The van der Waals surface area contributed by atoms with Crippen LogP contribution in [0, 0.1) is 0 Å². The molecular weight excluding hydrogens is 394 g/mol. The molecule has 0 saturated carbocycles. The lowest BCUT2D eigenvalue weighted by atomic mass is 10.0. The average molecular weight is 418 g/mol. The van der Waals surface area contributed by atoms with Crippen molar-refractivity contribution in [1.82, 2.24) is 15.2 Å². The zero-order valence-corrected chi connectivity index (χ0v) is 17.6. The minimum Gasteiger partial charge on any atom is -0.371 e. The van der Waals surface area contributed by atoms with Crippen molar-refractivity contribution in [1.29, 1.82) is 0 Å². The predicted molar refractivity (Wildman–Crippen MR) is 121 cm³/mol. The van der Waals surface area contributed by atoms with E-state index in [2.05, 4.69) is 45.5 Å². The molecule has 2 aromatic carbocycles. The molecule has 6 heteroatoms. The van der Waals surface area contributed by atoms with Gasteiger partial charge in [-0.2, -0.15) is 0 Å². The van der Waals surface area contributed by atoms with Gasteiger partial charge in [0, 0.05) is 48.5 Å². The van der Waals surface area contributed by atoms with Crippen LogP contribution in [0.25, 0.3) is 21.0 Å². The van der Waals surface area contributed by atoms with E-state index in [0.717, 1.165) is 45.7 Å². The number of para-hydroxylation sites is 1. The summed E-state index contributed by atoms with van der Waals surface area (Å²) in [5.74, 6) is -0.0490. The highest BCUT2D eigenvalue weighted by Crippen LogP contribution is 2.38. The van der Waals surface area contributed by atoms with Crippen LogP contribution >= 0.6 is 11.3 Å². The predicted octanol–water partition coefficient (Wildman–Crippen LogP) is 4.38. The number of aromatic nitrogens is 1. The van der Waals surface area contributed by atoms with Gasteiger partial charge in [-0.3, -0.25) is 14.7 Å². The molecule has 2 aromatic heterocycles. The zero-order valence-electron chi connectivity index (χ0n) is 16.8. The first-order valence-corrected chi connectivity index (χ1v) is 11.0. The number of nitrogens with zero attached hydrogens (tertiary/aromatic N) is 2. The summed E-state index contributed by atoms with van der Waals surface area (Å²) in [7, 11) is 1.68. The van der Waals surface area contributed by atoms with Gasteiger partial charge in [0.15, 0.2) is 0 Å². The van der Waals surface area contributed by atoms with Crippen LogP contribution < -0.4 is 5.32 Å². The van der Waals surface area contributed by atoms with Crippen LogP contribution in [0.2, 0.25) is 0 Å². The van der Waals surface area contributed by atoms with Gasteiger partial charge in [0.05, 0.1) is 23.1 Å². The molecule has 5 nitrogen and oxygen atoms in total. The molecule has 1 aliphatic heterocycles. The molecule has 4 aromatic rings. The van der Waals surface area contributed by atoms with E-state index in [0.29, 0.717) is 6.61 Å². The largest absolute Gasteiger partial charge is 0.371 e. The molecule has 0 radical (unpaired) electrons. The smallest absolute Gasteiger partial charge is 0.261 e. The molecule has 1 fully saturated rings. The van der Waals surface area contributed by atoms with Gasteiger partial charge in [-0.05, 0) is 29.1 Å². The Morgan fingerprint density at radius 2 is 1.97 bits per heavy atom. The number of nitrogens with one attached hydrogen (secondary N) is 1. The van der Waals surface area contributed by atoms with Crippen molar-refractivity contribution in [2.45, 2.75) is 12.6 Å². The van der Waals surface area contributed by atoms with Crippen molar-refractivity contribution < 1.29 is 9.53 Å². The van der Waals surface area contributed by atoms with Crippen LogP contribution in [0.15, 0.2) is 60.8 Å². The minimum atomic E-state index is -0.129. The number of fused-ring (bicyclic) bond motifs is 2. The number of morpholine rings is 1. The molecule has 0 aliphatic carbocycles. The lowest BCUT2D eigenvalue weighted by molar-refractivity contribution is -0.0321. The summed E-state index contributed by atoms with van der Waals surface area (Å²) in [5.41, 5.74) is 3.30. The van der Waals surface area contributed by atoms with Crippen LogP contribution in [-0.2, 0) is 11.3 Å². The van der Waals surface area contributed by atoms with Crippen molar-refractivity contribution in [3.05, 3.63) is 76.8 Å². The molecule has 1 amide bonds. The summed E-state index contributed by atoms with van der Waals surface area (Å²) in [6.07, 6.45) is 1.75. The summed E-state index contributed by atoms with van der Waals surface area (Å²) in [5, 5.41) is 5.09. The van der Waals surface area contributed by atoms with E-state index in [1.165, 1.54) is 22.3 Å². The number of pyridine rings is 1. The van der Waals surface area contributed by atoms with E-state index in [1.807, 2.05) is 30.5 Å². The quantitative estimate of drug-likeness (QED) is 0.535. The Kier molecular flexibility index (Phi) is 5.21. The van der Waals surface area contributed by atoms with Gasteiger partial charge in [-0.25, -0.2) is 0 Å². The second-order valence-corrected chi connectivity index (χ2v) is 8.55. The lowest BCUT2D eigenvalue weighted by Gasteiger charge is -2.33. The zero-order chi connectivity index (χ0) is 20.5. The average Bonchev–Trinajstić information content (AvgIpc) is 3.19. The van der Waals surface area contributed by atoms with Crippen molar-refractivity contribution in [2.75, 3.05) is 26.7 Å². The Labute approximate surface area is 179 Å². The van der Waals surface area contributed by atoms with Gasteiger partial charge in [-0.15, -0.1) is 11.3 Å². The number of amides is 1. The fraction of sp³-hybridized carbons (Fsp3) is 0.250. The summed E-state index contributed by atoms with van der Waals surface area (Å²) >= 11 is 1.54. The molecule has 1 aliphatic rings. The highest BCUT2D eigenvalue weighted by Gasteiger charge is 2.29. The van der Waals surface area contributed by atoms with Crippen molar-refractivity contribution in [2.24, 2.45) is 0 Å². The number of hydrogen-bond acceptors (Lipinski definition) is 5. The monoisotopic (exact) mass is 417 g/mol. The molecular formula is C24H23N3O2S. The number of ether oxygens (including phenoxy) is 1. The summed E-state index contributed by atoms with van der Waals surface area (Å²) in [6.45, 7) is 3.09. The molecule has 152 valence electrons. The maximum atomic E-state index is 12.6. The SMILES string of the molecule is CNC(=O)c1sc2ccccc2c1C1CN(Cc2ccnc3ccccc23)CCO1. The third kappa shape index (κ3) is 3.47. The molecule has 1 saturated heterocycles. The Bertz CT molecular complexity index is 1210. The van der Waals surface area contributed by atoms with E-state index in [1.54, 1.807) is 7.05 Å². The van der Waals surface area contributed by atoms with Gasteiger partial charge in [0.25, 0.3) is 5.91 Å². The Morgan fingerprint density at radius 1 is 1.17 bits per heavy atom. The van der Waals surface area contributed by atoms with Gasteiger partial charge < -0.3 is 10.1 Å². The molecule has 1 unspecified atom stereocenters. The molecule has 0 bridgehead atoms. The fourth-order valence-corrected chi connectivity index (χ4v) is 5.42. The second-order valence-electron chi connectivity index (χ2n) is 7.50. The first-order valence-electron chi connectivity index (χ1n) is 10.1. The third-order valence-electron chi connectivity index (χ3n) is 5.67. The number of carbonyl (C=O) groups is 1. The Balaban J connectivity index is 1.47. The molecule has 30 heavy (non-hydrogen) atoms. The first kappa shape index (κ1) is 19.2. The van der Waals surface area contributed by atoms with Crippen LogP contribution in [0.3, 0.4) is 0 Å². The maximum Gasteiger partial charge on any atom is 0.261 e. The molecule has 3 heterocycles. The summed E-state index contributed by atoms with van der Waals surface area (Å²) in [4.78, 5) is 20.2. The lowest BCUT2D eigenvalue weighted by Crippen LogP contribution is -2.38. The number of thiophene rings is 1. The third-order valence-corrected chi connectivity index (χ3v) is 6.86. The topological polar surface area (TPSA) is 54.5 Å². The van der Waals surface area contributed by atoms with E-state index < -0.39 is 0 Å². The maximum absolute atomic E-state index is 12.6. The van der Waals surface area contributed by atoms with Gasteiger partial charge in [-0.1, -0.05) is 36.4 Å². The molecule has 0 spiro atoms. The van der Waals surface area contributed by atoms with Crippen molar-refractivity contribution in [3.63, 3.8) is 0 Å². The van der Waals surface area contributed by atoms with Gasteiger partial charge in [0.2, 0.25) is 0 Å². The standard InChI is InChI=1S/C24H23N3O2S/c1-25-24(28)23-22(18-7-3-5-9-21(18)30-23)20-15-27(12-13-29-20)14-16-10-11-26-19-8-4-2-6-17(16)19/h2-11,20H,12-15H2,1H3,(H,25,28). The number of rotatable bonds is 4. The van der Waals surface area contributed by atoms with Crippen LogP contribution in [-0.4, -0.2) is 42.5 Å². The Morgan fingerprint density at radius 3 is 2.83 bits per heavy atom. The minimum absolute atomic E-state index is 0.0490. The van der Waals surface area contributed by atoms with E-state index in [9.17, 15) is 4.79 Å². The summed E-state index contributed by atoms with van der Waals surface area (Å²) in [6, 6.07) is 18.6. The van der Waals surface area contributed by atoms with Crippen molar-refractivity contribution >= 4 is 38.2 Å². The first-order chi connectivity index (χ1) is 14.7. The summed E-state index contributed by atoms with van der Waals surface area (Å²) < 4.78 is 7.31. The van der Waals surface area contributed by atoms with Gasteiger partial charge in [0.1, 0.15) is 0 Å². The van der Waals surface area contributed by atoms with E-state index in [4.69, 9.17) is 4.74 Å². The van der Waals surface area contributed by atoms with E-state index >= 15 is 0 Å². The number of benzene rings is 2. The molecule has 1 atom stereocenters. The Hall–Kier alpha value is -2.80. The number of carbonyl (C=O) groups excluding carboxylic acids is 1. The molecule has 1 N–H and O–H groups in total. The van der Waals surface area contributed by atoms with Crippen LogP contribution in [0.5, 0.6) is 0 Å². The van der Waals surface area contributed by atoms with E-state index in [-0.39, 0.29) is 12.0 Å². The normalized spacial score (nSPS) is 17.4. The van der Waals surface area contributed by atoms with Crippen molar-refractivity contribution in [3.8, 4) is 0 Å². The van der Waals surface area contributed by atoms with Crippen LogP contribution in [0.1, 0.15) is 26.9 Å². The number of hydrogen-bond donors (Lipinski definition) is 1. The second kappa shape index (κ2) is 8.14.